The van der Waals surface area contributed by atoms with E-state index in [1.165, 1.54) is 0 Å². The Balaban J connectivity index is 5.80. The number of rotatable bonds is 4. The average Bonchev–Trinajstić information content (AvgIpc) is 2.15. The molecule has 0 rings (SSSR count). The van der Waals surface area contributed by atoms with E-state index in [-0.39, 0.29) is 0 Å². The molecule has 0 aromatic carbocycles. The molecule has 0 aromatic heterocycles. The highest BCUT2D eigenvalue weighted by Gasteiger charge is 2.87. The van der Waals surface area contributed by atoms with Gasteiger partial charge in [0.05, 0.1) is 0 Å². The standard InChI is InChI=1S/C5F12S/c6-1(7,2(8,9)4(12,13)14)3(10,11)5(15,16)18-17. The van der Waals surface area contributed by atoms with Crippen molar-refractivity contribution >= 4 is 12.1 Å². The molecule has 18 heavy (non-hydrogen) atoms. The van der Waals surface area contributed by atoms with Crippen LogP contribution in [0.4, 0.5) is 52.2 Å². The van der Waals surface area contributed by atoms with Gasteiger partial charge in [0.25, 0.3) is 0 Å². The van der Waals surface area contributed by atoms with Gasteiger partial charge in [-0.2, -0.15) is 52.2 Å². The Morgan fingerprint density at radius 1 is 0.500 bits per heavy atom. The molecule has 13 heteroatoms. The predicted octanol–water partition coefficient (Wildman–Crippen LogP) is 4.67. The molecule has 0 unspecified atom stereocenters. The lowest BCUT2D eigenvalue weighted by Crippen LogP contribution is -2.65. The Morgan fingerprint density at radius 3 is 1.06 bits per heavy atom. The van der Waals surface area contributed by atoms with E-state index in [0.717, 1.165) is 0 Å². The minimum atomic E-state index is -7.54. The summed E-state index contributed by atoms with van der Waals surface area (Å²) in [5.74, 6) is -22.3. The molecule has 0 aliphatic heterocycles. The largest absolute Gasteiger partial charge is 0.460 e. The molecule has 110 valence electrons. The van der Waals surface area contributed by atoms with Crippen molar-refractivity contribution in [2.75, 3.05) is 0 Å². The lowest BCUT2D eigenvalue weighted by Gasteiger charge is -2.35. The number of hydrogen-bond acceptors (Lipinski definition) is 1. The van der Waals surface area contributed by atoms with Gasteiger partial charge in [-0.1, -0.05) is 0 Å². The van der Waals surface area contributed by atoms with E-state index in [0.29, 0.717) is 0 Å². The minimum Gasteiger partial charge on any atom is -0.192 e. The predicted molar refractivity (Wildman–Crippen MR) is 34.5 cm³/mol. The maximum absolute atomic E-state index is 12.3. The highest BCUT2D eigenvalue weighted by atomic mass is 32.2. The Labute approximate surface area is 94.6 Å². The molecule has 0 saturated heterocycles. The van der Waals surface area contributed by atoms with Gasteiger partial charge >= 0.3 is 29.2 Å². The zero-order valence-electron chi connectivity index (χ0n) is 7.44. The summed E-state index contributed by atoms with van der Waals surface area (Å²) in [6.07, 6.45) is -7.23. The lowest BCUT2D eigenvalue weighted by molar-refractivity contribution is -0.412. The van der Waals surface area contributed by atoms with Crippen LogP contribution in [-0.4, -0.2) is 29.2 Å². The second-order valence-electron chi connectivity index (χ2n) is 2.81. The van der Waals surface area contributed by atoms with E-state index in [9.17, 15) is 52.2 Å². The van der Waals surface area contributed by atoms with Crippen molar-refractivity contribution in [3.05, 3.63) is 0 Å². The van der Waals surface area contributed by atoms with Crippen molar-refractivity contribution < 1.29 is 52.2 Å². The number of halogens is 12. The molecule has 0 amide bonds. The van der Waals surface area contributed by atoms with Crippen molar-refractivity contribution in [1.29, 1.82) is 0 Å². The maximum Gasteiger partial charge on any atom is 0.460 e. The summed E-state index contributed by atoms with van der Waals surface area (Å²) in [7, 11) is 0. The quantitative estimate of drug-likeness (QED) is 0.679. The van der Waals surface area contributed by atoms with Crippen molar-refractivity contribution in [2.24, 2.45) is 0 Å². The van der Waals surface area contributed by atoms with Gasteiger partial charge in [-0.25, -0.2) is 0 Å². The third-order valence-corrected chi connectivity index (χ3v) is 2.06. The normalized spacial score (nSPS) is 16.0. The topological polar surface area (TPSA) is 0 Å². The van der Waals surface area contributed by atoms with Gasteiger partial charge in [0.15, 0.2) is 0 Å². The number of alkyl halides is 11. The summed E-state index contributed by atoms with van der Waals surface area (Å²) in [4.78, 5) is 0. The fourth-order valence-electron chi connectivity index (χ4n) is 0.606. The van der Waals surface area contributed by atoms with Crippen molar-refractivity contribution in [1.82, 2.24) is 0 Å². The van der Waals surface area contributed by atoms with E-state index in [1.807, 2.05) is 0 Å². The first kappa shape index (κ1) is 17.5. The van der Waals surface area contributed by atoms with E-state index in [2.05, 4.69) is 0 Å². The van der Waals surface area contributed by atoms with Crippen molar-refractivity contribution in [2.45, 2.75) is 29.2 Å². The summed E-state index contributed by atoms with van der Waals surface area (Å²) in [6.45, 7) is 0. The monoisotopic (exact) mass is 320 g/mol. The van der Waals surface area contributed by atoms with Crippen LogP contribution in [0, 0.1) is 0 Å². The van der Waals surface area contributed by atoms with Crippen LogP contribution in [0.1, 0.15) is 0 Å². The van der Waals surface area contributed by atoms with Crippen LogP contribution >= 0.6 is 12.1 Å². The second-order valence-corrected chi connectivity index (χ2v) is 3.48. The first-order valence-electron chi connectivity index (χ1n) is 3.44. The van der Waals surface area contributed by atoms with Crippen LogP contribution < -0.4 is 0 Å². The fraction of sp³-hybridized carbons (Fsp3) is 1.00. The molecule has 0 aromatic rings. The van der Waals surface area contributed by atoms with Gasteiger partial charge < -0.3 is 0 Å². The molecule has 0 spiro atoms. The molecule has 0 radical (unpaired) electrons. The lowest BCUT2D eigenvalue weighted by atomic mass is 10.0. The Bertz CT molecular complexity index is 302. The molecule has 0 N–H and O–H groups in total. The SMILES string of the molecule is FSC(F)(F)C(F)(F)C(F)(F)C(F)(F)C(F)(F)F. The highest BCUT2D eigenvalue weighted by molar-refractivity contribution is 7.95. The van der Waals surface area contributed by atoms with E-state index < -0.39 is 41.3 Å². The third-order valence-electron chi connectivity index (χ3n) is 1.61. The summed E-state index contributed by atoms with van der Waals surface area (Å²) >= 11 is -2.78. The van der Waals surface area contributed by atoms with E-state index >= 15 is 0 Å². The smallest absolute Gasteiger partial charge is 0.192 e. The van der Waals surface area contributed by atoms with Crippen LogP contribution in [-0.2, 0) is 0 Å². The molecule has 0 aliphatic carbocycles. The van der Waals surface area contributed by atoms with Crippen LogP contribution in [0.25, 0.3) is 0 Å². The molecule has 0 aliphatic rings. The van der Waals surface area contributed by atoms with Gasteiger partial charge in [0.2, 0.25) is 0 Å². The van der Waals surface area contributed by atoms with E-state index in [1.54, 1.807) is 0 Å². The van der Waals surface area contributed by atoms with Gasteiger partial charge in [-0.05, 0) is 0 Å². The summed E-state index contributed by atoms with van der Waals surface area (Å²) in [5.41, 5.74) is 0. The van der Waals surface area contributed by atoms with Crippen molar-refractivity contribution in [3.8, 4) is 0 Å². The minimum absolute atomic E-state index is 2.78. The fourth-order valence-corrected chi connectivity index (χ4v) is 0.831. The Hall–Kier alpha value is -0.490. The molecule has 0 nitrogen and oxygen atoms in total. The van der Waals surface area contributed by atoms with Crippen LogP contribution in [0.2, 0.25) is 0 Å². The molecule has 0 fully saturated rings. The van der Waals surface area contributed by atoms with Crippen LogP contribution in [0.15, 0.2) is 0 Å². The molecular weight excluding hydrogens is 320 g/mol. The average molecular weight is 320 g/mol. The third kappa shape index (κ3) is 2.20. The first-order valence-corrected chi connectivity index (χ1v) is 4.15. The summed E-state index contributed by atoms with van der Waals surface area (Å²) < 4.78 is 143. The van der Waals surface area contributed by atoms with Gasteiger partial charge in [0, 0.05) is 0 Å². The maximum atomic E-state index is 12.3. The zero-order valence-corrected chi connectivity index (χ0v) is 8.26. The molecular formula is C5F12S. The summed E-state index contributed by atoms with van der Waals surface area (Å²) in [6, 6.07) is 0. The second kappa shape index (κ2) is 4.27. The molecule has 0 bridgehead atoms. The first-order chi connectivity index (χ1) is 7.56. The molecule has 0 saturated carbocycles. The Kier molecular flexibility index (Phi) is 4.15. The zero-order chi connectivity index (χ0) is 15.2. The summed E-state index contributed by atoms with van der Waals surface area (Å²) in [5, 5.41) is -6.47. The number of hydrogen-bond donors (Lipinski definition) is 0. The molecule has 0 heterocycles. The molecule has 0 atom stereocenters. The van der Waals surface area contributed by atoms with Crippen LogP contribution in [0.3, 0.4) is 0 Å². The Morgan fingerprint density at radius 2 is 0.833 bits per heavy atom. The van der Waals surface area contributed by atoms with Gasteiger partial charge in [-0.15, -0.1) is 0 Å². The van der Waals surface area contributed by atoms with Crippen LogP contribution in [0.5, 0.6) is 0 Å². The van der Waals surface area contributed by atoms with Gasteiger partial charge in [0.1, 0.15) is 12.1 Å². The highest BCUT2D eigenvalue weighted by Crippen LogP contribution is 2.59. The van der Waals surface area contributed by atoms with Gasteiger partial charge in [-0.3, -0.25) is 0 Å². The van der Waals surface area contributed by atoms with E-state index in [4.69, 9.17) is 0 Å². The van der Waals surface area contributed by atoms with Crippen molar-refractivity contribution in [3.63, 3.8) is 0 Å².